The molecule has 2 aliphatic rings. The summed E-state index contributed by atoms with van der Waals surface area (Å²) in [5.41, 5.74) is 4.06. The van der Waals surface area contributed by atoms with Crippen LogP contribution >= 0.6 is 0 Å². The maximum absolute atomic E-state index is 12.4. The first kappa shape index (κ1) is 21.1. The van der Waals surface area contributed by atoms with E-state index < -0.39 is 15.9 Å². The second-order valence-electron chi connectivity index (χ2n) is 7.93. The van der Waals surface area contributed by atoms with Crippen molar-refractivity contribution in [3.8, 4) is 12.1 Å². The lowest BCUT2D eigenvalue weighted by Gasteiger charge is -2.24. The molecule has 1 aliphatic heterocycles. The number of hydrogen-bond acceptors (Lipinski definition) is 6. The molecule has 2 aromatic rings. The summed E-state index contributed by atoms with van der Waals surface area (Å²) in [4.78, 5) is 18.9. The normalized spacial score (nSPS) is 18.6. The molecule has 1 amide bonds. The van der Waals surface area contributed by atoms with Gasteiger partial charge < -0.3 is 4.74 Å². The van der Waals surface area contributed by atoms with Gasteiger partial charge in [-0.1, -0.05) is 12.1 Å². The second-order valence-corrected chi connectivity index (χ2v) is 10.2. The van der Waals surface area contributed by atoms with Gasteiger partial charge in [-0.15, -0.1) is 0 Å². The molecule has 0 atom stereocenters. The number of sulfone groups is 1. The fourth-order valence-corrected chi connectivity index (χ4v) is 5.62. The summed E-state index contributed by atoms with van der Waals surface area (Å²) in [7, 11) is -2.92. The Morgan fingerprint density at radius 1 is 1.26 bits per heavy atom. The molecule has 162 valence electrons. The van der Waals surface area contributed by atoms with Crippen molar-refractivity contribution in [2.75, 3.05) is 16.8 Å². The average molecular weight is 441 g/mol. The Hall–Kier alpha value is -3.12. The first-order chi connectivity index (χ1) is 14.9. The van der Waals surface area contributed by atoms with Crippen molar-refractivity contribution < 1.29 is 17.9 Å². The van der Waals surface area contributed by atoms with Crippen molar-refractivity contribution >= 4 is 27.2 Å². The highest BCUT2D eigenvalue weighted by Gasteiger charge is 2.26. The molecule has 0 spiro atoms. The Balaban J connectivity index is 1.56. The summed E-state index contributed by atoms with van der Waals surface area (Å²) in [6.07, 6.45) is 8.19. The fraction of sp³-hybridized carbons (Fsp3) is 0.409. The molecule has 2 heterocycles. The van der Waals surface area contributed by atoms with E-state index in [2.05, 4.69) is 27.4 Å². The molecular weight excluding hydrogens is 416 g/mol. The second kappa shape index (κ2) is 8.94. The van der Waals surface area contributed by atoms with Gasteiger partial charge in [0.25, 0.3) is 0 Å². The molecule has 1 aliphatic carbocycles. The van der Waals surface area contributed by atoms with Crippen molar-refractivity contribution in [2.24, 2.45) is 0 Å². The van der Waals surface area contributed by atoms with E-state index in [1.54, 1.807) is 0 Å². The number of nitrogens with one attached hydrogen (secondary N) is 2. The van der Waals surface area contributed by atoms with Crippen LogP contribution in [0.1, 0.15) is 61.3 Å². The first-order valence-corrected chi connectivity index (χ1v) is 12.2. The molecule has 1 saturated heterocycles. The minimum absolute atomic E-state index is 0.0486. The highest BCUT2D eigenvalue weighted by Crippen LogP contribution is 2.36. The van der Waals surface area contributed by atoms with Crippen LogP contribution in [0.15, 0.2) is 30.5 Å². The number of imidazole rings is 1. The molecule has 0 bridgehead atoms. The lowest BCUT2D eigenvalue weighted by atomic mass is 9.87. The molecule has 2 N–H and O–H groups in total. The summed E-state index contributed by atoms with van der Waals surface area (Å²) in [5.74, 6) is 0.631. The van der Waals surface area contributed by atoms with Crippen LogP contribution in [0.2, 0.25) is 0 Å². The number of nitrogens with zero attached hydrogens (tertiary/aromatic N) is 2. The monoisotopic (exact) mass is 440 g/mol. The van der Waals surface area contributed by atoms with E-state index in [1.807, 2.05) is 18.2 Å². The van der Waals surface area contributed by atoms with Gasteiger partial charge >= 0.3 is 12.1 Å². The number of aromatic nitrogens is 2. The number of H-pyrrole nitrogens is 1. The van der Waals surface area contributed by atoms with Crippen LogP contribution in [-0.2, 0) is 9.84 Å². The van der Waals surface area contributed by atoms with Crippen molar-refractivity contribution in [1.82, 2.24) is 9.97 Å². The van der Waals surface area contributed by atoms with Gasteiger partial charge in [0.2, 0.25) is 0 Å². The highest BCUT2D eigenvalue weighted by molar-refractivity contribution is 7.91. The van der Waals surface area contributed by atoms with Crippen LogP contribution in [0.4, 0.5) is 10.5 Å². The Morgan fingerprint density at radius 2 is 2.06 bits per heavy atom. The van der Waals surface area contributed by atoms with Gasteiger partial charge in [-0.2, -0.15) is 5.26 Å². The summed E-state index contributed by atoms with van der Waals surface area (Å²) < 4.78 is 28.7. The number of hydrogen-bond donors (Lipinski definition) is 2. The Morgan fingerprint density at radius 3 is 2.74 bits per heavy atom. The molecule has 0 saturated carbocycles. The molecule has 9 heteroatoms. The van der Waals surface area contributed by atoms with Gasteiger partial charge in [0.05, 0.1) is 23.4 Å². The third-order valence-electron chi connectivity index (χ3n) is 5.81. The van der Waals surface area contributed by atoms with E-state index in [1.165, 1.54) is 11.8 Å². The number of aromatic amines is 1. The largest absolute Gasteiger partial charge is 0.419 e. The Bertz CT molecular complexity index is 1150. The van der Waals surface area contributed by atoms with Gasteiger partial charge in [0, 0.05) is 5.56 Å². The van der Waals surface area contributed by atoms with Gasteiger partial charge in [0.1, 0.15) is 21.6 Å². The SMILES string of the molecule is N#Cc1cnc(OC(=O)Nc2ccc(C3CCS(=O)(=O)CC3)cc2C2=CCCCC2)[nH]1. The zero-order chi connectivity index (χ0) is 21.8. The molecular formula is C22H24N4O4S. The number of nitriles is 1. The number of carbonyl (C=O) groups is 1. The van der Waals surface area contributed by atoms with Crippen molar-refractivity contribution in [2.45, 2.75) is 44.4 Å². The molecule has 31 heavy (non-hydrogen) atoms. The van der Waals surface area contributed by atoms with Gasteiger partial charge in [-0.25, -0.2) is 18.2 Å². The van der Waals surface area contributed by atoms with E-state index in [0.29, 0.717) is 18.5 Å². The summed E-state index contributed by atoms with van der Waals surface area (Å²) >= 11 is 0. The lowest BCUT2D eigenvalue weighted by Crippen LogP contribution is -2.22. The Labute approximate surface area is 181 Å². The smallest absolute Gasteiger partial charge is 0.375 e. The van der Waals surface area contributed by atoms with Crippen LogP contribution in [0.5, 0.6) is 6.01 Å². The van der Waals surface area contributed by atoms with Crippen LogP contribution in [-0.4, -0.2) is 36.0 Å². The lowest BCUT2D eigenvalue weighted by molar-refractivity contribution is 0.211. The standard InChI is InChI=1S/C22H24N4O4S/c23-13-18-14-24-21(25-18)30-22(27)26-20-7-6-17(15-8-10-31(28,29)11-9-15)12-19(20)16-4-2-1-3-5-16/h4,6-7,12,14-15H,1-3,5,8-11H2,(H,24,25)(H,26,27). The fourth-order valence-electron chi connectivity index (χ4n) is 4.13. The molecule has 0 unspecified atom stereocenters. The molecule has 1 aromatic carbocycles. The molecule has 1 aromatic heterocycles. The molecule has 8 nitrogen and oxygen atoms in total. The zero-order valence-corrected chi connectivity index (χ0v) is 17.9. The number of amides is 1. The van der Waals surface area contributed by atoms with E-state index in [-0.39, 0.29) is 29.1 Å². The topological polar surface area (TPSA) is 125 Å². The van der Waals surface area contributed by atoms with Crippen molar-refractivity contribution in [1.29, 1.82) is 5.26 Å². The van der Waals surface area contributed by atoms with E-state index in [4.69, 9.17) is 10.00 Å². The maximum Gasteiger partial charge on any atom is 0.419 e. The number of ether oxygens (including phenoxy) is 1. The van der Waals surface area contributed by atoms with Crippen LogP contribution < -0.4 is 10.1 Å². The minimum Gasteiger partial charge on any atom is -0.375 e. The highest BCUT2D eigenvalue weighted by atomic mass is 32.2. The van der Waals surface area contributed by atoms with Gasteiger partial charge in [-0.3, -0.25) is 10.3 Å². The predicted molar refractivity (Wildman–Crippen MR) is 116 cm³/mol. The molecule has 4 rings (SSSR count). The number of benzene rings is 1. The van der Waals surface area contributed by atoms with Crippen LogP contribution in [0.25, 0.3) is 5.57 Å². The van der Waals surface area contributed by atoms with E-state index in [9.17, 15) is 13.2 Å². The number of rotatable bonds is 4. The van der Waals surface area contributed by atoms with Gasteiger partial charge in [0.15, 0.2) is 0 Å². The van der Waals surface area contributed by atoms with Crippen molar-refractivity contribution in [3.63, 3.8) is 0 Å². The van der Waals surface area contributed by atoms with Crippen LogP contribution in [0, 0.1) is 11.3 Å². The Kier molecular flexibility index (Phi) is 6.09. The summed E-state index contributed by atoms with van der Waals surface area (Å²) in [6.45, 7) is 0. The van der Waals surface area contributed by atoms with E-state index >= 15 is 0 Å². The van der Waals surface area contributed by atoms with Crippen LogP contribution in [0.3, 0.4) is 0 Å². The number of allylic oxidation sites excluding steroid dienone is 2. The summed E-state index contributed by atoms with van der Waals surface area (Å²) in [5, 5.41) is 11.6. The molecule has 1 fully saturated rings. The average Bonchev–Trinajstić information content (AvgIpc) is 3.22. The van der Waals surface area contributed by atoms with Crippen molar-refractivity contribution in [3.05, 3.63) is 47.3 Å². The third kappa shape index (κ3) is 5.14. The maximum atomic E-state index is 12.4. The summed E-state index contributed by atoms with van der Waals surface area (Å²) in [6, 6.07) is 7.73. The quantitative estimate of drug-likeness (QED) is 0.736. The minimum atomic E-state index is -2.92. The van der Waals surface area contributed by atoms with Gasteiger partial charge in [-0.05, 0) is 67.7 Å². The zero-order valence-electron chi connectivity index (χ0n) is 17.1. The molecule has 0 radical (unpaired) electrons. The predicted octanol–water partition coefficient (Wildman–Crippen LogP) is 4.14. The number of anilines is 1. The first-order valence-electron chi connectivity index (χ1n) is 10.4. The third-order valence-corrected chi connectivity index (χ3v) is 7.52. The number of carbonyl (C=O) groups excluding carboxylic acids is 1. The van der Waals surface area contributed by atoms with E-state index in [0.717, 1.165) is 36.8 Å².